The second-order valence-corrected chi connectivity index (χ2v) is 6.28. The zero-order valence-corrected chi connectivity index (χ0v) is 11.8. The highest BCUT2D eigenvalue weighted by molar-refractivity contribution is 8.13. The first-order valence-electron chi connectivity index (χ1n) is 4.30. The van der Waals surface area contributed by atoms with E-state index in [4.69, 9.17) is 10.7 Å². The molecule has 0 saturated carbocycles. The molecule has 0 atom stereocenters. The van der Waals surface area contributed by atoms with E-state index in [-0.39, 0.29) is 30.6 Å². The lowest BCUT2D eigenvalue weighted by Crippen LogP contribution is -2.45. The van der Waals surface area contributed by atoms with Gasteiger partial charge in [-0.25, -0.2) is 8.42 Å². The summed E-state index contributed by atoms with van der Waals surface area (Å²) in [5, 5.41) is 0. The molecule has 0 aromatic rings. The molecule has 1 fully saturated rings. The molecule has 94 valence electrons. The first kappa shape index (κ1) is 18.1. The molecule has 4 nitrogen and oxygen atoms in total. The molecule has 15 heavy (non-hydrogen) atoms. The molecule has 0 aromatic carbocycles. The Morgan fingerprint density at radius 3 is 2.00 bits per heavy atom. The maximum Gasteiger partial charge on any atom is 0.233 e. The first-order chi connectivity index (χ1) is 5.97. The van der Waals surface area contributed by atoms with Crippen LogP contribution in [0.4, 0.5) is 0 Å². The largest absolute Gasteiger partial charge is 0.304 e. The fourth-order valence-electron chi connectivity index (χ4n) is 1.31. The fraction of sp³-hybridized carbons (Fsp3) is 1.00. The third-order valence-electron chi connectivity index (χ3n) is 2.25. The van der Waals surface area contributed by atoms with Gasteiger partial charge in [0.25, 0.3) is 0 Å². The summed E-state index contributed by atoms with van der Waals surface area (Å²) in [4.78, 5) is 4.35. The summed E-state index contributed by atoms with van der Waals surface area (Å²) in [6.45, 7) is 4.43. The Balaban J connectivity index is 0. The summed E-state index contributed by atoms with van der Waals surface area (Å²) in [6, 6.07) is 0. The molecule has 1 rings (SSSR count). The molecule has 0 unspecified atom stereocenters. The van der Waals surface area contributed by atoms with Crippen LogP contribution >= 0.6 is 35.5 Å². The number of hydrogen-bond acceptors (Lipinski definition) is 4. The van der Waals surface area contributed by atoms with Crippen molar-refractivity contribution in [3.8, 4) is 0 Å². The lowest BCUT2D eigenvalue weighted by atomic mass is 10.3. The van der Waals surface area contributed by atoms with E-state index in [1.165, 1.54) is 0 Å². The van der Waals surface area contributed by atoms with Gasteiger partial charge in [0.1, 0.15) is 0 Å². The van der Waals surface area contributed by atoms with Crippen molar-refractivity contribution in [2.75, 3.05) is 45.5 Å². The highest BCUT2D eigenvalue weighted by atomic mass is 35.7. The van der Waals surface area contributed by atoms with Gasteiger partial charge in [0.2, 0.25) is 9.05 Å². The Bertz CT molecular complexity index is 253. The van der Waals surface area contributed by atoms with Gasteiger partial charge in [0.05, 0.1) is 5.75 Å². The monoisotopic (exact) mass is 298 g/mol. The second-order valence-electron chi connectivity index (χ2n) is 3.39. The summed E-state index contributed by atoms with van der Waals surface area (Å²) >= 11 is 0. The van der Waals surface area contributed by atoms with Crippen molar-refractivity contribution in [1.82, 2.24) is 9.80 Å². The van der Waals surface area contributed by atoms with Gasteiger partial charge >= 0.3 is 0 Å². The molecule has 0 spiro atoms. The quantitative estimate of drug-likeness (QED) is 0.718. The zero-order chi connectivity index (χ0) is 9.90. The molecule has 0 aliphatic carbocycles. The predicted molar refractivity (Wildman–Crippen MR) is 68.1 cm³/mol. The van der Waals surface area contributed by atoms with Crippen molar-refractivity contribution in [2.24, 2.45) is 0 Å². The van der Waals surface area contributed by atoms with Crippen LogP contribution in [0.5, 0.6) is 0 Å². The van der Waals surface area contributed by atoms with E-state index in [0.29, 0.717) is 6.54 Å². The molecule has 1 aliphatic heterocycles. The first-order valence-corrected chi connectivity index (χ1v) is 6.78. The maximum absolute atomic E-state index is 10.7. The average molecular weight is 300 g/mol. The molecular weight excluding hydrogens is 283 g/mol. The van der Waals surface area contributed by atoms with Crippen LogP contribution in [-0.4, -0.2) is 63.7 Å². The lowest BCUT2D eigenvalue weighted by Gasteiger charge is -2.31. The van der Waals surface area contributed by atoms with Crippen LogP contribution in [0, 0.1) is 0 Å². The Kier molecular flexibility index (Phi) is 9.57. The predicted octanol–water partition coefficient (Wildman–Crippen LogP) is 0.646. The molecule has 0 N–H and O–H groups in total. The minimum atomic E-state index is -3.32. The molecule has 0 aromatic heterocycles. The third-order valence-corrected chi connectivity index (χ3v) is 3.38. The molecular formula is C7H17Cl3N2O2S. The van der Waals surface area contributed by atoms with E-state index in [1.54, 1.807) is 0 Å². The van der Waals surface area contributed by atoms with Gasteiger partial charge in [-0.1, -0.05) is 0 Å². The summed E-state index contributed by atoms with van der Waals surface area (Å²) in [7, 11) is 3.86. The Morgan fingerprint density at radius 2 is 1.60 bits per heavy atom. The molecule has 1 heterocycles. The van der Waals surface area contributed by atoms with Crippen LogP contribution in [0.15, 0.2) is 0 Å². The molecule has 0 bridgehead atoms. The van der Waals surface area contributed by atoms with Crippen LogP contribution in [0.3, 0.4) is 0 Å². The normalized spacial score (nSPS) is 19.1. The van der Waals surface area contributed by atoms with E-state index < -0.39 is 9.05 Å². The number of nitrogens with zero attached hydrogens (tertiary/aromatic N) is 2. The van der Waals surface area contributed by atoms with Crippen molar-refractivity contribution in [1.29, 1.82) is 0 Å². The Labute approximate surface area is 108 Å². The van der Waals surface area contributed by atoms with Crippen molar-refractivity contribution in [2.45, 2.75) is 0 Å². The number of likely N-dealkylation sites (N-methyl/N-ethyl adjacent to an activating group) is 1. The van der Waals surface area contributed by atoms with Crippen molar-refractivity contribution in [3.63, 3.8) is 0 Å². The topological polar surface area (TPSA) is 40.6 Å². The molecule has 8 heteroatoms. The number of rotatable bonds is 3. The summed E-state index contributed by atoms with van der Waals surface area (Å²) in [6.07, 6.45) is 0. The Hall–Kier alpha value is 0.740. The van der Waals surface area contributed by atoms with Gasteiger partial charge in [-0.3, -0.25) is 4.90 Å². The minimum absolute atomic E-state index is 0. The SMILES string of the molecule is CN1CCN(CCS(=O)(=O)Cl)CC1.Cl.Cl. The Morgan fingerprint density at radius 1 is 1.13 bits per heavy atom. The van der Waals surface area contributed by atoms with Gasteiger partial charge in [0, 0.05) is 43.4 Å². The van der Waals surface area contributed by atoms with E-state index in [2.05, 4.69) is 16.8 Å². The van der Waals surface area contributed by atoms with E-state index in [9.17, 15) is 8.42 Å². The van der Waals surface area contributed by atoms with Gasteiger partial charge in [-0.2, -0.15) is 0 Å². The standard InChI is InChI=1S/C7H15ClN2O2S.2ClH/c1-9-2-4-10(5-3-9)6-7-13(8,11)12;;/h2-7H2,1H3;2*1H. The van der Waals surface area contributed by atoms with Crippen LogP contribution in [0.1, 0.15) is 0 Å². The minimum Gasteiger partial charge on any atom is -0.304 e. The zero-order valence-electron chi connectivity index (χ0n) is 8.56. The highest BCUT2D eigenvalue weighted by Crippen LogP contribution is 2.02. The van der Waals surface area contributed by atoms with Crippen LogP contribution < -0.4 is 0 Å². The van der Waals surface area contributed by atoms with E-state index in [0.717, 1.165) is 26.2 Å². The third kappa shape index (κ3) is 8.54. The van der Waals surface area contributed by atoms with Crippen LogP contribution in [0.25, 0.3) is 0 Å². The second kappa shape index (κ2) is 7.92. The average Bonchev–Trinajstić information content (AvgIpc) is 2.02. The maximum atomic E-state index is 10.7. The fourth-order valence-corrected chi connectivity index (χ4v) is 1.99. The van der Waals surface area contributed by atoms with Gasteiger partial charge in [-0.05, 0) is 7.05 Å². The highest BCUT2D eigenvalue weighted by Gasteiger charge is 2.15. The van der Waals surface area contributed by atoms with E-state index >= 15 is 0 Å². The summed E-state index contributed by atoms with van der Waals surface area (Å²) in [5.74, 6) is 0.0538. The van der Waals surface area contributed by atoms with Crippen LogP contribution in [0.2, 0.25) is 0 Å². The molecule has 0 amide bonds. The van der Waals surface area contributed by atoms with E-state index in [1.807, 2.05) is 0 Å². The van der Waals surface area contributed by atoms with Crippen LogP contribution in [-0.2, 0) is 9.05 Å². The van der Waals surface area contributed by atoms with Crippen molar-refractivity contribution >= 4 is 44.5 Å². The number of hydrogen-bond donors (Lipinski definition) is 0. The number of halogens is 3. The summed E-state index contributed by atoms with van der Waals surface area (Å²) in [5.41, 5.74) is 0. The smallest absolute Gasteiger partial charge is 0.233 e. The molecule has 0 radical (unpaired) electrons. The van der Waals surface area contributed by atoms with Crippen molar-refractivity contribution < 1.29 is 8.42 Å². The van der Waals surface area contributed by atoms with Gasteiger partial charge in [-0.15, -0.1) is 24.8 Å². The molecule has 1 aliphatic rings. The van der Waals surface area contributed by atoms with Crippen molar-refractivity contribution in [3.05, 3.63) is 0 Å². The molecule has 1 saturated heterocycles. The lowest BCUT2D eigenvalue weighted by molar-refractivity contribution is 0.161. The summed E-state index contributed by atoms with van der Waals surface area (Å²) < 4.78 is 21.3. The number of piperazine rings is 1. The van der Waals surface area contributed by atoms with Gasteiger partial charge < -0.3 is 4.90 Å². The van der Waals surface area contributed by atoms with Gasteiger partial charge in [0.15, 0.2) is 0 Å².